The van der Waals surface area contributed by atoms with Crippen molar-refractivity contribution in [3.05, 3.63) is 83.9 Å². The maximum absolute atomic E-state index is 14.3. The number of nitrogens with one attached hydrogen (secondary N) is 1. The Morgan fingerprint density at radius 1 is 0.837 bits per heavy atom. The van der Waals surface area contributed by atoms with Crippen LogP contribution in [0.4, 0.5) is 5.69 Å². The molecule has 0 aromatic heterocycles. The number of carbonyl (C=O) groups is 2. The van der Waals surface area contributed by atoms with Gasteiger partial charge in [0.15, 0.2) is 0 Å². The van der Waals surface area contributed by atoms with Gasteiger partial charge in [0.2, 0.25) is 21.8 Å². The minimum Gasteiger partial charge on any atom is -0.497 e. The van der Waals surface area contributed by atoms with E-state index in [2.05, 4.69) is 5.32 Å². The van der Waals surface area contributed by atoms with Crippen LogP contribution in [0.25, 0.3) is 0 Å². The van der Waals surface area contributed by atoms with Crippen LogP contribution < -0.4 is 23.8 Å². The van der Waals surface area contributed by atoms with E-state index in [1.54, 1.807) is 37.4 Å². The van der Waals surface area contributed by atoms with Crippen LogP contribution in [0.3, 0.4) is 0 Å². The lowest BCUT2D eigenvalue weighted by atomic mass is 10.0. The van der Waals surface area contributed by atoms with Gasteiger partial charge in [-0.15, -0.1) is 0 Å². The molecule has 11 heteroatoms. The standard InChI is InChI=1S/C32H41N3O7S/c1-23(2)20-33-32(37)29(18-24-11-8-7-9-12-24)34(21-25-13-10-14-26(17-25)40-3)31(36)22-35(43(6,38)39)28-19-27(41-4)15-16-30(28)42-5/h7-17,19,23,29H,18,20-22H2,1-6H3,(H,33,37)/t29-/m0/s1. The second-order valence-corrected chi connectivity index (χ2v) is 12.4. The van der Waals surface area contributed by atoms with Crippen LogP contribution in [0.15, 0.2) is 72.8 Å². The quantitative estimate of drug-likeness (QED) is 0.277. The molecule has 0 aliphatic heterocycles. The smallest absolute Gasteiger partial charge is 0.244 e. The number of benzene rings is 3. The number of methoxy groups -OCH3 is 3. The third kappa shape index (κ3) is 9.37. The molecule has 0 saturated carbocycles. The Balaban J connectivity index is 2.11. The summed E-state index contributed by atoms with van der Waals surface area (Å²) in [5.74, 6) is 0.504. The van der Waals surface area contributed by atoms with E-state index in [1.807, 2.05) is 50.2 Å². The van der Waals surface area contributed by atoms with Gasteiger partial charge in [-0.1, -0.05) is 56.3 Å². The van der Waals surface area contributed by atoms with Gasteiger partial charge in [0.1, 0.15) is 29.8 Å². The van der Waals surface area contributed by atoms with E-state index in [0.29, 0.717) is 23.6 Å². The molecule has 43 heavy (non-hydrogen) atoms. The molecular weight excluding hydrogens is 570 g/mol. The Kier molecular flexibility index (Phi) is 11.8. The first kappa shape index (κ1) is 33.3. The van der Waals surface area contributed by atoms with Crippen molar-refractivity contribution in [2.75, 3.05) is 45.0 Å². The number of hydrogen-bond acceptors (Lipinski definition) is 7. The van der Waals surface area contributed by atoms with Crippen molar-refractivity contribution >= 4 is 27.5 Å². The predicted octanol–water partition coefficient (Wildman–Crippen LogP) is 3.89. The fraction of sp³-hybridized carbons (Fsp3) is 0.375. The Morgan fingerprint density at radius 2 is 1.49 bits per heavy atom. The van der Waals surface area contributed by atoms with Gasteiger partial charge in [0, 0.05) is 25.6 Å². The third-order valence-corrected chi connectivity index (χ3v) is 7.90. The fourth-order valence-electron chi connectivity index (χ4n) is 4.53. The molecular formula is C32H41N3O7S. The van der Waals surface area contributed by atoms with Gasteiger partial charge in [-0.05, 0) is 41.3 Å². The summed E-state index contributed by atoms with van der Waals surface area (Å²) >= 11 is 0. The average Bonchev–Trinajstić information content (AvgIpc) is 2.99. The zero-order valence-electron chi connectivity index (χ0n) is 25.6. The second kappa shape index (κ2) is 15.3. The highest BCUT2D eigenvalue weighted by atomic mass is 32.2. The molecule has 232 valence electrons. The molecule has 0 aliphatic carbocycles. The van der Waals surface area contributed by atoms with Crippen LogP contribution in [0.1, 0.15) is 25.0 Å². The number of ether oxygens (including phenoxy) is 3. The predicted molar refractivity (Wildman–Crippen MR) is 167 cm³/mol. The lowest BCUT2D eigenvalue weighted by Gasteiger charge is -2.34. The molecule has 0 fully saturated rings. The summed E-state index contributed by atoms with van der Waals surface area (Å²) in [4.78, 5) is 29.5. The highest BCUT2D eigenvalue weighted by molar-refractivity contribution is 7.92. The minimum absolute atomic E-state index is 0.0372. The van der Waals surface area contributed by atoms with Gasteiger partial charge in [0.25, 0.3) is 0 Å². The van der Waals surface area contributed by atoms with Crippen molar-refractivity contribution in [1.82, 2.24) is 10.2 Å². The van der Waals surface area contributed by atoms with E-state index in [4.69, 9.17) is 14.2 Å². The van der Waals surface area contributed by atoms with Crippen molar-refractivity contribution in [2.45, 2.75) is 32.9 Å². The Morgan fingerprint density at radius 3 is 2.09 bits per heavy atom. The van der Waals surface area contributed by atoms with Crippen molar-refractivity contribution in [3.8, 4) is 17.2 Å². The maximum atomic E-state index is 14.3. The van der Waals surface area contributed by atoms with E-state index >= 15 is 0 Å². The largest absolute Gasteiger partial charge is 0.497 e. The summed E-state index contributed by atoms with van der Waals surface area (Å²) in [6.07, 6.45) is 1.24. The summed E-state index contributed by atoms with van der Waals surface area (Å²) in [5.41, 5.74) is 1.71. The zero-order valence-corrected chi connectivity index (χ0v) is 26.4. The van der Waals surface area contributed by atoms with E-state index in [-0.39, 0.29) is 36.2 Å². The molecule has 10 nitrogen and oxygen atoms in total. The highest BCUT2D eigenvalue weighted by Gasteiger charge is 2.34. The monoisotopic (exact) mass is 611 g/mol. The summed E-state index contributed by atoms with van der Waals surface area (Å²) in [5, 5.41) is 2.97. The first-order chi connectivity index (χ1) is 20.5. The zero-order chi connectivity index (χ0) is 31.6. The summed E-state index contributed by atoms with van der Waals surface area (Å²) in [7, 11) is 0.437. The van der Waals surface area contributed by atoms with Crippen LogP contribution in [-0.4, -0.2) is 71.8 Å². The molecule has 0 spiro atoms. The summed E-state index contributed by atoms with van der Waals surface area (Å²) in [6.45, 7) is 3.85. The molecule has 0 heterocycles. The van der Waals surface area contributed by atoms with Crippen molar-refractivity contribution in [2.24, 2.45) is 5.92 Å². The lowest BCUT2D eigenvalue weighted by molar-refractivity contribution is -0.140. The number of amides is 2. The number of anilines is 1. The van der Waals surface area contributed by atoms with Crippen LogP contribution in [0.2, 0.25) is 0 Å². The Bertz CT molecular complexity index is 1480. The van der Waals surface area contributed by atoms with Gasteiger partial charge in [-0.2, -0.15) is 0 Å². The second-order valence-electron chi connectivity index (χ2n) is 10.5. The van der Waals surface area contributed by atoms with E-state index < -0.39 is 28.5 Å². The summed E-state index contributed by atoms with van der Waals surface area (Å²) in [6, 6.07) is 20.4. The minimum atomic E-state index is -3.98. The topological polar surface area (TPSA) is 114 Å². The summed E-state index contributed by atoms with van der Waals surface area (Å²) < 4.78 is 43.4. The van der Waals surface area contributed by atoms with Crippen molar-refractivity contribution in [1.29, 1.82) is 0 Å². The van der Waals surface area contributed by atoms with Crippen LogP contribution in [-0.2, 0) is 32.6 Å². The highest BCUT2D eigenvalue weighted by Crippen LogP contribution is 2.34. The molecule has 0 saturated heterocycles. The van der Waals surface area contributed by atoms with Gasteiger partial charge in [0.05, 0.1) is 33.3 Å². The number of rotatable bonds is 15. The molecule has 2 amide bonds. The van der Waals surface area contributed by atoms with Crippen molar-refractivity contribution < 1.29 is 32.2 Å². The molecule has 3 rings (SSSR count). The van der Waals surface area contributed by atoms with Gasteiger partial charge in [-0.25, -0.2) is 8.42 Å². The van der Waals surface area contributed by atoms with Gasteiger partial charge < -0.3 is 24.4 Å². The van der Waals surface area contributed by atoms with E-state index in [9.17, 15) is 18.0 Å². The van der Waals surface area contributed by atoms with Crippen molar-refractivity contribution in [3.63, 3.8) is 0 Å². The average molecular weight is 612 g/mol. The molecule has 0 aliphatic rings. The number of sulfonamides is 1. The molecule has 0 bridgehead atoms. The normalized spacial score (nSPS) is 11.9. The third-order valence-electron chi connectivity index (χ3n) is 6.78. The van der Waals surface area contributed by atoms with Crippen LogP contribution >= 0.6 is 0 Å². The van der Waals surface area contributed by atoms with Gasteiger partial charge in [-0.3, -0.25) is 13.9 Å². The Hall–Kier alpha value is -4.25. The number of carbonyl (C=O) groups excluding carboxylic acids is 2. The molecule has 1 atom stereocenters. The number of nitrogens with zero attached hydrogens (tertiary/aromatic N) is 2. The lowest BCUT2D eigenvalue weighted by Crippen LogP contribution is -2.53. The molecule has 3 aromatic rings. The molecule has 1 N–H and O–H groups in total. The fourth-order valence-corrected chi connectivity index (χ4v) is 5.38. The molecule has 0 unspecified atom stereocenters. The van der Waals surface area contributed by atoms with Crippen LogP contribution in [0.5, 0.6) is 17.2 Å². The van der Waals surface area contributed by atoms with E-state index in [1.165, 1.54) is 25.2 Å². The molecule has 0 radical (unpaired) electrons. The Labute approximate surface area is 254 Å². The first-order valence-corrected chi connectivity index (χ1v) is 15.7. The number of hydrogen-bond donors (Lipinski definition) is 1. The van der Waals surface area contributed by atoms with Crippen LogP contribution in [0, 0.1) is 5.92 Å². The first-order valence-electron chi connectivity index (χ1n) is 13.9. The SMILES string of the molecule is COc1cccc(CN(C(=O)CN(c2cc(OC)ccc2OC)S(C)(=O)=O)[C@@H](Cc2ccccc2)C(=O)NCC(C)C)c1. The van der Waals surface area contributed by atoms with Gasteiger partial charge >= 0.3 is 0 Å². The van der Waals surface area contributed by atoms with E-state index in [0.717, 1.165) is 16.1 Å². The maximum Gasteiger partial charge on any atom is 0.244 e. The molecule has 3 aromatic carbocycles.